The molecule has 0 unspecified atom stereocenters. The molecule has 0 spiro atoms. The van der Waals surface area contributed by atoms with Crippen molar-refractivity contribution in [1.82, 2.24) is 4.57 Å². The van der Waals surface area contributed by atoms with Crippen LogP contribution >= 0.6 is 23.2 Å². The highest BCUT2D eigenvalue weighted by molar-refractivity contribution is 6.43. The van der Waals surface area contributed by atoms with Gasteiger partial charge in [-0.25, -0.2) is 4.79 Å². The summed E-state index contributed by atoms with van der Waals surface area (Å²) in [5.74, 6) is -0.935. The molecule has 3 aromatic rings. The zero-order valence-corrected chi connectivity index (χ0v) is 16.3. The highest BCUT2D eigenvalue weighted by atomic mass is 35.5. The monoisotopic (exact) mass is 402 g/mol. The molecule has 2 aromatic carbocycles. The standard InChI is InChI=1S/C21H20Cl2N2O2/c22-16-11-15-18(12-17(16)23)25(13-14-7-3-1-4-8-14)20(21(26)27)19(15)24-9-5-2-6-10-24/h1,3-4,7-8,11-12H,2,5-6,9-10,13H2,(H,26,27). The molecule has 4 nitrogen and oxygen atoms in total. The third-order valence-electron chi connectivity index (χ3n) is 5.14. The number of hydrogen-bond donors (Lipinski definition) is 1. The number of carbonyl (C=O) groups is 1. The van der Waals surface area contributed by atoms with Crippen molar-refractivity contribution in [3.05, 3.63) is 63.8 Å². The Bertz CT molecular complexity index is 993. The first kappa shape index (κ1) is 18.2. The second-order valence-corrected chi connectivity index (χ2v) is 7.72. The average molecular weight is 403 g/mol. The SMILES string of the molecule is O=C(O)c1c(N2CCCCC2)c2cc(Cl)c(Cl)cc2n1Cc1ccccc1. The number of carboxylic acids is 1. The van der Waals surface area contributed by atoms with E-state index >= 15 is 0 Å². The smallest absolute Gasteiger partial charge is 0.354 e. The lowest BCUT2D eigenvalue weighted by Crippen LogP contribution is -2.31. The van der Waals surface area contributed by atoms with Gasteiger partial charge in [-0.3, -0.25) is 0 Å². The van der Waals surface area contributed by atoms with Crippen molar-refractivity contribution in [3.8, 4) is 0 Å². The molecular formula is C21H20Cl2N2O2. The van der Waals surface area contributed by atoms with Crippen LogP contribution in [0.4, 0.5) is 5.69 Å². The third kappa shape index (κ3) is 3.40. The van der Waals surface area contributed by atoms with E-state index in [2.05, 4.69) is 4.90 Å². The van der Waals surface area contributed by atoms with E-state index in [4.69, 9.17) is 23.2 Å². The Labute approximate surface area is 167 Å². The van der Waals surface area contributed by atoms with Gasteiger partial charge < -0.3 is 14.6 Å². The van der Waals surface area contributed by atoms with Gasteiger partial charge in [0.2, 0.25) is 0 Å². The van der Waals surface area contributed by atoms with Crippen LogP contribution in [0.5, 0.6) is 0 Å². The fourth-order valence-electron chi connectivity index (χ4n) is 3.91. The molecule has 1 aliphatic heterocycles. The largest absolute Gasteiger partial charge is 0.477 e. The van der Waals surface area contributed by atoms with Crippen LogP contribution in [0, 0.1) is 0 Å². The molecule has 140 valence electrons. The number of aromatic nitrogens is 1. The van der Waals surface area contributed by atoms with Crippen molar-refractivity contribution in [3.63, 3.8) is 0 Å². The number of anilines is 1. The van der Waals surface area contributed by atoms with Crippen molar-refractivity contribution in [2.24, 2.45) is 0 Å². The van der Waals surface area contributed by atoms with Crippen molar-refractivity contribution in [1.29, 1.82) is 0 Å². The minimum atomic E-state index is -0.935. The molecule has 1 saturated heterocycles. The third-order valence-corrected chi connectivity index (χ3v) is 5.86. The summed E-state index contributed by atoms with van der Waals surface area (Å²) in [6.45, 7) is 2.17. The average Bonchev–Trinajstić information content (AvgIpc) is 2.97. The molecule has 1 fully saturated rings. The van der Waals surface area contributed by atoms with Crippen LogP contribution in [0.2, 0.25) is 10.0 Å². The molecule has 1 aromatic heterocycles. The van der Waals surface area contributed by atoms with Crippen LogP contribution in [0.3, 0.4) is 0 Å². The molecule has 0 radical (unpaired) electrons. The number of aromatic carboxylic acids is 1. The zero-order chi connectivity index (χ0) is 19.0. The number of rotatable bonds is 4. The summed E-state index contributed by atoms with van der Waals surface area (Å²) in [6.07, 6.45) is 3.30. The second kappa shape index (κ2) is 7.45. The van der Waals surface area contributed by atoms with E-state index in [0.29, 0.717) is 22.3 Å². The maximum Gasteiger partial charge on any atom is 0.354 e. The van der Waals surface area contributed by atoms with Crippen LogP contribution in [-0.2, 0) is 6.54 Å². The van der Waals surface area contributed by atoms with Crippen molar-refractivity contribution in [2.75, 3.05) is 18.0 Å². The van der Waals surface area contributed by atoms with Gasteiger partial charge in [0.15, 0.2) is 5.69 Å². The Kier molecular flexibility index (Phi) is 5.02. The Morgan fingerprint density at radius 1 is 1.00 bits per heavy atom. The first-order chi connectivity index (χ1) is 13.1. The minimum Gasteiger partial charge on any atom is -0.477 e. The molecule has 1 aliphatic rings. The highest BCUT2D eigenvalue weighted by Crippen LogP contribution is 2.40. The van der Waals surface area contributed by atoms with E-state index in [-0.39, 0.29) is 0 Å². The normalized spacial score (nSPS) is 14.7. The first-order valence-corrected chi connectivity index (χ1v) is 9.85. The van der Waals surface area contributed by atoms with Crippen LogP contribution in [0.25, 0.3) is 10.9 Å². The van der Waals surface area contributed by atoms with E-state index < -0.39 is 5.97 Å². The molecule has 27 heavy (non-hydrogen) atoms. The van der Waals surface area contributed by atoms with Crippen molar-refractivity contribution in [2.45, 2.75) is 25.8 Å². The summed E-state index contributed by atoms with van der Waals surface area (Å²) in [7, 11) is 0. The van der Waals surface area contributed by atoms with E-state index in [9.17, 15) is 9.90 Å². The summed E-state index contributed by atoms with van der Waals surface area (Å²) in [4.78, 5) is 14.5. The zero-order valence-electron chi connectivity index (χ0n) is 14.8. The molecule has 1 N–H and O–H groups in total. The predicted molar refractivity (Wildman–Crippen MR) is 111 cm³/mol. The van der Waals surface area contributed by atoms with Crippen LogP contribution in [0.1, 0.15) is 35.3 Å². The molecule has 2 heterocycles. The lowest BCUT2D eigenvalue weighted by atomic mass is 10.1. The quantitative estimate of drug-likeness (QED) is 0.609. The Morgan fingerprint density at radius 2 is 1.67 bits per heavy atom. The van der Waals surface area contributed by atoms with E-state index in [1.807, 2.05) is 34.9 Å². The van der Waals surface area contributed by atoms with Gasteiger partial charge >= 0.3 is 5.97 Å². The highest BCUT2D eigenvalue weighted by Gasteiger charge is 2.28. The van der Waals surface area contributed by atoms with E-state index in [1.54, 1.807) is 12.1 Å². The number of carboxylic acid groups (broad SMARTS) is 1. The maximum absolute atomic E-state index is 12.3. The number of hydrogen-bond acceptors (Lipinski definition) is 2. The van der Waals surface area contributed by atoms with Crippen LogP contribution in [-0.4, -0.2) is 28.7 Å². The number of fused-ring (bicyclic) bond motifs is 1. The summed E-state index contributed by atoms with van der Waals surface area (Å²) in [6, 6.07) is 13.4. The molecule has 6 heteroatoms. The fourth-order valence-corrected chi connectivity index (χ4v) is 4.23. The Balaban J connectivity index is 1.98. The van der Waals surface area contributed by atoms with E-state index in [0.717, 1.165) is 48.1 Å². The van der Waals surface area contributed by atoms with Gasteiger partial charge in [-0.15, -0.1) is 0 Å². The fraction of sp³-hybridized carbons (Fsp3) is 0.286. The number of benzene rings is 2. The first-order valence-electron chi connectivity index (χ1n) is 9.09. The Morgan fingerprint density at radius 3 is 2.33 bits per heavy atom. The summed E-state index contributed by atoms with van der Waals surface area (Å²) >= 11 is 12.6. The predicted octanol–water partition coefficient (Wildman–Crippen LogP) is 5.68. The molecule has 0 saturated carbocycles. The van der Waals surface area contributed by atoms with Gasteiger partial charge in [0.1, 0.15) is 0 Å². The van der Waals surface area contributed by atoms with Crippen LogP contribution < -0.4 is 4.90 Å². The second-order valence-electron chi connectivity index (χ2n) is 6.91. The summed E-state index contributed by atoms with van der Waals surface area (Å²) in [5.41, 5.74) is 2.89. The van der Waals surface area contributed by atoms with Crippen molar-refractivity contribution < 1.29 is 9.90 Å². The van der Waals surface area contributed by atoms with Gasteiger partial charge in [-0.2, -0.15) is 0 Å². The minimum absolute atomic E-state index is 0.300. The van der Waals surface area contributed by atoms with Gasteiger partial charge in [0, 0.05) is 25.0 Å². The summed E-state index contributed by atoms with van der Waals surface area (Å²) < 4.78 is 1.85. The van der Waals surface area contributed by atoms with Gasteiger partial charge in [-0.05, 0) is 37.0 Å². The van der Waals surface area contributed by atoms with Crippen molar-refractivity contribution >= 4 is 45.8 Å². The molecule has 0 atom stereocenters. The molecule has 0 aliphatic carbocycles. The lowest BCUT2D eigenvalue weighted by molar-refractivity contribution is 0.0687. The van der Waals surface area contributed by atoms with Gasteiger partial charge in [0.05, 0.1) is 21.2 Å². The number of nitrogens with zero attached hydrogens (tertiary/aromatic N) is 2. The topological polar surface area (TPSA) is 45.5 Å². The summed E-state index contributed by atoms with van der Waals surface area (Å²) in [5, 5.41) is 11.8. The Hall–Kier alpha value is -2.17. The van der Waals surface area contributed by atoms with Gasteiger partial charge in [0.25, 0.3) is 0 Å². The number of piperidine rings is 1. The molecular weight excluding hydrogens is 383 g/mol. The molecule has 4 rings (SSSR count). The lowest BCUT2D eigenvalue weighted by Gasteiger charge is -2.29. The van der Waals surface area contributed by atoms with Crippen LogP contribution in [0.15, 0.2) is 42.5 Å². The van der Waals surface area contributed by atoms with E-state index in [1.165, 1.54) is 6.42 Å². The number of halogens is 2. The maximum atomic E-state index is 12.3. The molecule has 0 amide bonds. The molecule has 0 bridgehead atoms. The van der Waals surface area contributed by atoms with Gasteiger partial charge in [-0.1, -0.05) is 53.5 Å².